The van der Waals surface area contributed by atoms with Gasteiger partial charge in [0, 0.05) is 12.6 Å². The summed E-state index contributed by atoms with van der Waals surface area (Å²) in [6.45, 7) is 6.76. The fraction of sp³-hybridized carbons (Fsp3) is 1.00. The Labute approximate surface area is 79.1 Å². The normalized spacial score (nSPS) is 13.0. The lowest BCUT2D eigenvalue weighted by molar-refractivity contribution is 0.365. The topological polar surface area (TPSA) is 21.3 Å². The molecular formula is C9H23NOSi. The van der Waals surface area contributed by atoms with Gasteiger partial charge in [-0.3, -0.25) is 0 Å². The zero-order valence-corrected chi connectivity index (χ0v) is 10.4. The summed E-state index contributed by atoms with van der Waals surface area (Å²) in [6.07, 6.45) is 5.24. The Kier molecular flexibility index (Phi) is 6.71. The first-order valence-corrected chi connectivity index (χ1v) is 6.15. The second kappa shape index (κ2) is 6.63. The third-order valence-electron chi connectivity index (χ3n) is 2.10. The molecule has 0 rings (SSSR count). The van der Waals surface area contributed by atoms with Crippen molar-refractivity contribution in [2.45, 2.75) is 52.0 Å². The molecule has 12 heavy (non-hydrogen) atoms. The number of hydrogen-bond donors (Lipinski definition) is 1. The maximum atomic E-state index is 5.11. The summed E-state index contributed by atoms with van der Waals surface area (Å²) < 4.78 is 5.11. The van der Waals surface area contributed by atoms with Crippen LogP contribution in [0.2, 0.25) is 0 Å². The molecule has 0 saturated carbocycles. The molecule has 0 aromatic rings. The second-order valence-corrected chi connectivity index (χ2v) is 5.17. The minimum Gasteiger partial charge on any atom is -0.412 e. The van der Waals surface area contributed by atoms with Gasteiger partial charge in [0.15, 0.2) is 0 Å². The molecule has 0 aliphatic heterocycles. The molecule has 0 spiro atoms. The van der Waals surface area contributed by atoms with Crippen LogP contribution >= 0.6 is 0 Å². The largest absolute Gasteiger partial charge is 0.412 e. The lowest BCUT2D eigenvalue weighted by Gasteiger charge is -2.25. The van der Waals surface area contributed by atoms with Crippen molar-refractivity contribution in [3.05, 3.63) is 0 Å². The van der Waals surface area contributed by atoms with E-state index < -0.39 is 9.92 Å². The van der Waals surface area contributed by atoms with Crippen molar-refractivity contribution in [1.29, 1.82) is 0 Å². The molecule has 0 fully saturated rings. The van der Waals surface area contributed by atoms with Gasteiger partial charge < -0.3 is 9.41 Å². The summed E-state index contributed by atoms with van der Waals surface area (Å²) in [6, 6.07) is 0. The molecule has 0 saturated heterocycles. The standard InChI is InChI=1S/C9H23NOSi/c1-5-6-7-8-9(2,3)10-12-11-4/h10H,5-8,12H2,1-4H3. The maximum Gasteiger partial charge on any atom is 0.235 e. The Bertz CT molecular complexity index is 107. The van der Waals surface area contributed by atoms with Crippen molar-refractivity contribution < 1.29 is 4.43 Å². The van der Waals surface area contributed by atoms with Gasteiger partial charge in [0.05, 0.1) is 0 Å². The lowest BCUT2D eigenvalue weighted by Crippen LogP contribution is -2.42. The van der Waals surface area contributed by atoms with Crippen LogP contribution in [0.5, 0.6) is 0 Å². The third kappa shape index (κ3) is 6.82. The molecule has 2 nitrogen and oxygen atoms in total. The van der Waals surface area contributed by atoms with Crippen molar-refractivity contribution in [3.8, 4) is 0 Å². The van der Waals surface area contributed by atoms with E-state index in [0.717, 1.165) is 0 Å². The van der Waals surface area contributed by atoms with Gasteiger partial charge in [-0.2, -0.15) is 0 Å². The van der Waals surface area contributed by atoms with E-state index in [-0.39, 0.29) is 5.54 Å². The molecule has 3 heteroatoms. The Morgan fingerprint density at radius 3 is 2.50 bits per heavy atom. The molecule has 1 N–H and O–H groups in total. The monoisotopic (exact) mass is 189 g/mol. The fourth-order valence-electron chi connectivity index (χ4n) is 1.17. The van der Waals surface area contributed by atoms with E-state index in [1.54, 1.807) is 7.11 Å². The van der Waals surface area contributed by atoms with Gasteiger partial charge in [-0.05, 0) is 20.3 Å². The minimum atomic E-state index is -0.467. The molecule has 0 aromatic heterocycles. The van der Waals surface area contributed by atoms with Crippen LogP contribution in [-0.2, 0) is 4.43 Å². The highest BCUT2D eigenvalue weighted by Gasteiger charge is 2.15. The number of nitrogens with one attached hydrogen (secondary N) is 1. The molecule has 0 aliphatic rings. The van der Waals surface area contributed by atoms with Crippen molar-refractivity contribution in [2.24, 2.45) is 0 Å². The third-order valence-corrected chi connectivity index (χ3v) is 3.49. The van der Waals surface area contributed by atoms with Crippen molar-refractivity contribution in [2.75, 3.05) is 7.11 Å². The summed E-state index contributed by atoms with van der Waals surface area (Å²) in [5, 5.41) is 0. The zero-order valence-electron chi connectivity index (χ0n) is 8.94. The van der Waals surface area contributed by atoms with E-state index in [2.05, 4.69) is 25.8 Å². The predicted octanol–water partition coefficient (Wildman–Crippen LogP) is 1.58. The van der Waals surface area contributed by atoms with Gasteiger partial charge in [-0.25, -0.2) is 0 Å². The smallest absolute Gasteiger partial charge is 0.235 e. The van der Waals surface area contributed by atoms with Crippen LogP contribution in [0.3, 0.4) is 0 Å². The summed E-state index contributed by atoms with van der Waals surface area (Å²) in [7, 11) is 1.31. The molecule has 0 bridgehead atoms. The van der Waals surface area contributed by atoms with Gasteiger partial charge in [-0.1, -0.05) is 26.2 Å². The minimum absolute atomic E-state index is 0.289. The first-order chi connectivity index (χ1) is 5.62. The highest BCUT2D eigenvalue weighted by Crippen LogP contribution is 2.12. The summed E-state index contributed by atoms with van der Waals surface area (Å²) >= 11 is 0. The SMILES string of the molecule is CCCCCC(C)(C)N[SiH2]OC. The van der Waals surface area contributed by atoms with Gasteiger partial charge >= 0.3 is 0 Å². The van der Waals surface area contributed by atoms with E-state index in [0.29, 0.717) is 0 Å². The average molecular weight is 189 g/mol. The molecule has 74 valence electrons. The van der Waals surface area contributed by atoms with Crippen LogP contribution in [0, 0.1) is 0 Å². The van der Waals surface area contributed by atoms with Crippen LogP contribution in [0.4, 0.5) is 0 Å². The summed E-state index contributed by atoms with van der Waals surface area (Å²) in [4.78, 5) is 3.48. The molecule has 0 atom stereocenters. The molecular weight excluding hydrogens is 166 g/mol. The zero-order chi connectivity index (χ0) is 9.45. The van der Waals surface area contributed by atoms with Gasteiger partial charge in [0.1, 0.15) is 0 Å². The molecule has 0 aromatic carbocycles. The molecule has 0 heterocycles. The van der Waals surface area contributed by atoms with Crippen molar-refractivity contribution >= 4 is 9.92 Å². The highest BCUT2D eigenvalue weighted by atomic mass is 28.2. The quantitative estimate of drug-likeness (QED) is 0.485. The predicted molar refractivity (Wildman–Crippen MR) is 56.9 cm³/mol. The van der Waals surface area contributed by atoms with Crippen LogP contribution in [0.25, 0.3) is 0 Å². The second-order valence-electron chi connectivity index (χ2n) is 3.95. The number of rotatable bonds is 7. The molecule has 0 amide bonds. The molecule has 0 unspecified atom stereocenters. The van der Waals surface area contributed by atoms with E-state index >= 15 is 0 Å². The molecule has 0 radical (unpaired) electrons. The lowest BCUT2D eigenvalue weighted by atomic mass is 9.98. The Morgan fingerprint density at radius 1 is 1.33 bits per heavy atom. The maximum absolute atomic E-state index is 5.11. The van der Waals surface area contributed by atoms with Gasteiger partial charge in [0.2, 0.25) is 9.92 Å². The Hall–Kier alpha value is 0.137. The van der Waals surface area contributed by atoms with Crippen LogP contribution in [0.1, 0.15) is 46.5 Å². The molecule has 0 aliphatic carbocycles. The van der Waals surface area contributed by atoms with E-state index in [1.165, 1.54) is 25.7 Å². The fourth-order valence-corrected chi connectivity index (χ4v) is 1.88. The van der Waals surface area contributed by atoms with Gasteiger partial charge in [0.25, 0.3) is 0 Å². The van der Waals surface area contributed by atoms with Crippen LogP contribution < -0.4 is 4.98 Å². The van der Waals surface area contributed by atoms with Gasteiger partial charge in [-0.15, -0.1) is 0 Å². The first kappa shape index (κ1) is 12.1. The first-order valence-electron chi connectivity index (χ1n) is 4.86. The van der Waals surface area contributed by atoms with E-state index in [9.17, 15) is 0 Å². The van der Waals surface area contributed by atoms with E-state index in [4.69, 9.17) is 4.43 Å². The highest BCUT2D eigenvalue weighted by molar-refractivity contribution is 6.23. The Balaban J connectivity index is 3.42. The number of hydrogen-bond acceptors (Lipinski definition) is 2. The summed E-state index contributed by atoms with van der Waals surface area (Å²) in [5.74, 6) is 0. The Morgan fingerprint density at radius 2 is 2.00 bits per heavy atom. The summed E-state index contributed by atoms with van der Waals surface area (Å²) in [5.41, 5.74) is 0.289. The van der Waals surface area contributed by atoms with Crippen LogP contribution in [0.15, 0.2) is 0 Å². The van der Waals surface area contributed by atoms with Crippen molar-refractivity contribution in [1.82, 2.24) is 4.98 Å². The van der Waals surface area contributed by atoms with E-state index in [1.807, 2.05) is 0 Å². The van der Waals surface area contributed by atoms with Crippen molar-refractivity contribution in [3.63, 3.8) is 0 Å². The number of unbranched alkanes of at least 4 members (excludes halogenated alkanes) is 2. The average Bonchev–Trinajstić information content (AvgIpc) is 2.01. The van der Waals surface area contributed by atoms with Crippen LogP contribution in [-0.4, -0.2) is 22.6 Å².